The van der Waals surface area contributed by atoms with Gasteiger partial charge >= 0.3 is 12.1 Å². The smallest absolute Gasteiger partial charge is 0.304 e. The molecular formula is C16H8F5N3O2. The van der Waals surface area contributed by atoms with Crippen molar-refractivity contribution in [1.29, 1.82) is 0 Å². The summed E-state index contributed by atoms with van der Waals surface area (Å²) in [5.74, 6) is -5.63. The van der Waals surface area contributed by atoms with E-state index in [2.05, 4.69) is 4.98 Å². The van der Waals surface area contributed by atoms with Crippen LogP contribution in [0.25, 0.3) is 5.65 Å². The van der Waals surface area contributed by atoms with Crippen LogP contribution in [0.5, 0.6) is 0 Å². The van der Waals surface area contributed by atoms with E-state index in [4.69, 9.17) is 0 Å². The van der Waals surface area contributed by atoms with Crippen LogP contribution in [0, 0.1) is 11.6 Å². The van der Waals surface area contributed by atoms with Crippen molar-refractivity contribution in [1.82, 2.24) is 9.38 Å². The fourth-order valence-electron chi connectivity index (χ4n) is 2.23. The predicted molar refractivity (Wildman–Crippen MR) is 79.7 cm³/mol. The molecule has 0 aliphatic heterocycles. The Balaban J connectivity index is 1.95. The molecule has 1 N–H and O–H groups in total. The van der Waals surface area contributed by atoms with E-state index >= 15 is 0 Å². The molecule has 10 heteroatoms. The molecule has 5 nitrogen and oxygen atoms in total. The second-order valence-corrected chi connectivity index (χ2v) is 5.19. The van der Waals surface area contributed by atoms with Gasteiger partial charge < -0.3 is 9.72 Å². The topological polar surface area (TPSA) is 63.5 Å². The minimum absolute atomic E-state index is 0.118. The monoisotopic (exact) mass is 369 g/mol. The highest BCUT2D eigenvalue weighted by atomic mass is 19.4. The number of carbonyl (C=O) groups is 2. The number of carbonyl (C=O) groups excluding carboxylic acids is 2. The van der Waals surface area contributed by atoms with Gasteiger partial charge in [-0.05, 0) is 24.3 Å². The average Bonchev–Trinajstić information content (AvgIpc) is 2.94. The van der Waals surface area contributed by atoms with E-state index in [1.54, 1.807) is 5.32 Å². The number of pyridine rings is 1. The third kappa shape index (κ3) is 3.25. The van der Waals surface area contributed by atoms with E-state index in [0.717, 1.165) is 35.0 Å². The van der Waals surface area contributed by atoms with E-state index in [1.807, 2.05) is 0 Å². The van der Waals surface area contributed by atoms with E-state index in [0.29, 0.717) is 0 Å². The molecule has 0 radical (unpaired) electrons. The summed E-state index contributed by atoms with van der Waals surface area (Å²) in [5, 5.41) is 1.57. The Bertz CT molecular complexity index is 1010. The number of ketones is 1. The van der Waals surface area contributed by atoms with Crippen LogP contribution in [0.1, 0.15) is 15.9 Å². The lowest BCUT2D eigenvalue weighted by Crippen LogP contribution is -2.30. The number of nitrogens with one attached hydrogen (secondary N) is 1. The highest BCUT2D eigenvalue weighted by Crippen LogP contribution is 2.20. The Morgan fingerprint density at radius 3 is 2.27 bits per heavy atom. The number of hydrogen-bond acceptors (Lipinski definition) is 3. The van der Waals surface area contributed by atoms with Crippen molar-refractivity contribution in [3.8, 4) is 0 Å². The first-order valence-electron chi connectivity index (χ1n) is 7.02. The van der Waals surface area contributed by atoms with Crippen molar-refractivity contribution in [3.63, 3.8) is 0 Å². The van der Waals surface area contributed by atoms with Crippen molar-refractivity contribution in [2.75, 3.05) is 5.32 Å². The van der Waals surface area contributed by atoms with Gasteiger partial charge in [0.15, 0.2) is 11.6 Å². The standard InChI is InChI=1S/C16H8F5N3O2/c17-9-2-1-3-10(18)13(9)14(25)8-4-5-12-22-11(7-24(12)6-8)23-15(26)16(19,20)21/h1-7H,(H,23,26). The highest BCUT2D eigenvalue weighted by molar-refractivity contribution is 6.09. The molecule has 1 amide bonds. The molecule has 0 atom stereocenters. The van der Waals surface area contributed by atoms with Gasteiger partial charge in [0.25, 0.3) is 0 Å². The average molecular weight is 369 g/mol. The van der Waals surface area contributed by atoms with Crippen LogP contribution >= 0.6 is 0 Å². The van der Waals surface area contributed by atoms with Crippen molar-refractivity contribution in [3.05, 3.63) is 65.5 Å². The second kappa shape index (κ2) is 6.21. The van der Waals surface area contributed by atoms with Crippen LogP contribution in [-0.2, 0) is 4.79 Å². The maximum atomic E-state index is 13.7. The summed E-state index contributed by atoms with van der Waals surface area (Å²) in [7, 11) is 0. The predicted octanol–water partition coefficient (Wildman–Crippen LogP) is 3.34. The van der Waals surface area contributed by atoms with Gasteiger partial charge in [0, 0.05) is 11.8 Å². The zero-order valence-electron chi connectivity index (χ0n) is 12.6. The summed E-state index contributed by atoms with van der Waals surface area (Å²) in [6.45, 7) is 0. The van der Waals surface area contributed by atoms with Gasteiger partial charge in [-0.2, -0.15) is 13.2 Å². The lowest BCUT2D eigenvalue weighted by atomic mass is 10.0. The molecule has 2 heterocycles. The highest BCUT2D eigenvalue weighted by Gasteiger charge is 2.39. The molecule has 3 rings (SSSR count). The Kier molecular flexibility index (Phi) is 4.18. The lowest BCUT2D eigenvalue weighted by molar-refractivity contribution is -0.167. The van der Waals surface area contributed by atoms with Gasteiger partial charge in [0.05, 0.1) is 11.8 Å². The van der Waals surface area contributed by atoms with Crippen LogP contribution in [0.15, 0.2) is 42.7 Å². The van der Waals surface area contributed by atoms with Crippen LogP contribution < -0.4 is 5.32 Å². The number of rotatable bonds is 3. The molecule has 0 spiro atoms. The van der Waals surface area contributed by atoms with E-state index < -0.39 is 40.9 Å². The largest absolute Gasteiger partial charge is 0.471 e. The number of alkyl halides is 3. The normalized spacial score (nSPS) is 11.6. The number of benzene rings is 1. The molecule has 0 fully saturated rings. The maximum Gasteiger partial charge on any atom is 0.471 e. The molecule has 0 bridgehead atoms. The number of amides is 1. The number of fused-ring (bicyclic) bond motifs is 1. The number of anilines is 1. The summed E-state index contributed by atoms with van der Waals surface area (Å²) in [6, 6.07) is 5.44. The first-order chi connectivity index (χ1) is 12.2. The summed E-state index contributed by atoms with van der Waals surface area (Å²) >= 11 is 0. The van der Waals surface area contributed by atoms with Crippen molar-refractivity contribution in [2.24, 2.45) is 0 Å². The Labute approximate surface area is 142 Å². The zero-order valence-corrected chi connectivity index (χ0v) is 12.6. The Morgan fingerprint density at radius 2 is 1.65 bits per heavy atom. The minimum atomic E-state index is -5.08. The number of aromatic nitrogens is 2. The van der Waals surface area contributed by atoms with Crippen molar-refractivity contribution < 1.29 is 31.5 Å². The molecule has 0 saturated carbocycles. The maximum absolute atomic E-state index is 13.7. The molecule has 3 aromatic rings. The lowest BCUT2D eigenvalue weighted by Gasteiger charge is -2.04. The van der Waals surface area contributed by atoms with Crippen LogP contribution in [0.2, 0.25) is 0 Å². The fourth-order valence-corrected chi connectivity index (χ4v) is 2.23. The molecule has 2 aromatic heterocycles. The van der Waals surface area contributed by atoms with Gasteiger partial charge in [-0.1, -0.05) is 6.07 Å². The number of halogens is 5. The first kappa shape index (κ1) is 17.5. The van der Waals surface area contributed by atoms with Crippen LogP contribution in [0.4, 0.5) is 27.8 Å². The van der Waals surface area contributed by atoms with Gasteiger partial charge in [-0.25, -0.2) is 13.8 Å². The molecule has 0 aliphatic carbocycles. The number of imidazole rings is 1. The Morgan fingerprint density at radius 1 is 1.00 bits per heavy atom. The van der Waals surface area contributed by atoms with E-state index in [1.165, 1.54) is 12.1 Å². The Hall–Kier alpha value is -3.30. The van der Waals surface area contributed by atoms with Crippen LogP contribution in [-0.4, -0.2) is 27.3 Å². The fraction of sp³-hybridized carbons (Fsp3) is 0.0625. The second-order valence-electron chi connectivity index (χ2n) is 5.19. The third-order valence-electron chi connectivity index (χ3n) is 3.40. The minimum Gasteiger partial charge on any atom is -0.304 e. The van der Waals surface area contributed by atoms with Gasteiger partial charge in [-0.15, -0.1) is 0 Å². The zero-order chi connectivity index (χ0) is 19.1. The summed E-state index contributed by atoms with van der Waals surface area (Å²) in [4.78, 5) is 27.0. The van der Waals surface area contributed by atoms with Crippen molar-refractivity contribution in [2.45, 2.75) is 6.18 Å². The molecule has 134 valence electrons. The van der Waals surface area contributed by atoms with Crippen LogP contribution in [0.3, 0.4) is 0 Å². The molecule has 0 aliphatic rings. The van der Waals surface area contributed by atoms with Gasteiger partial charge in [-0.3, -0.25) is 9.59 Å². The third-order valence-corrected chi connectivity index (χ3v) is 3.40. The molecule has 1 aromatic carbocycles. The summed E-state index contributed by atoms with van der Waals surface area (Å²) in [5.41, 5.74) is -0.752. The van der Waals surface area contributed by atoms with Crippen molar-refractivity contribution >= 4 is 23.2 Å². The SMILES string of the molecule is O=C(c1ccc2nc(NC(=O)C(F)(F)F)cn2c1)c1c(F)cccc1F. The quantitative estimate of drug-likeness (QED) is 0.569. The molecule has 0 unspecified atom stereocenters. The molecular weight excluding hydrogens is 361 g/mol. The molecule has 0 saturated heterocycles. The molecule has 26 heavy (non-hydrogen) atoms. The van der Waals surface area contributed by atoms with E-state index in [-0.39, 0.29) is 11.2 Å². The van der Waals surface area contributed by atoms with Gasteiger partial charge in [0.1, 0.15) is 17.3 Å². The van der Waals surface area contributed by atoms with Gasteiger partial charge in [0.2, 0.25) is 0 Å². The van der Waals surface area contributed by atoms with E-state index in [9.17, 15) is 31.5 Å². The number of nitrogens with zero attached hydrogens (tertiary/aromatic N) is 2. The summed E-state index contributed by atoms with van der Waals surface area (Å²) in [6.07, 6.45) is -2.91. The first-order valence-corrected chi connectivity index (χ1v) is 7.02. The number of hydrogen-bond donors (Lipinski definition) is 1. The summed E-state index contributed by atoms with van der Waals surface area (Å²) < 4.78 is 65.4.